The molecule has 0 saturated carbocycles. The molecule has 0 fully saturated rings. The van der Waals surface area contributed by atoms with Crippen LogP contribution in [0.4, 0.5) is 0 Å². The summed E-state index contributed by atoms with van der Waals surface area (Å²) in [5.41, 5.74) is 2.99. The van der Waals surface area contributed by atoms with Gasteiger partial charge in [0.1, 0.15) is 0 Å². The summed E-state index contributed by atoms with van der Waals surface area (Å²) in [5.74, 6) is 0. The van der Waals surface area contributed by atoms with Crippen molar-refractivity contribution in [3.05, 3.63) is 65.5 Å². The van der Waals surface area contributed by atoms with Crippen LogP contribution in [0.5, 0.6) is 0 Å². The van der Waals surface area contributed by atoms with Gasteiger partial charge in [-0.05, 0) is 36.8 Å². The minimum Gasteiger partial charge on any atom is -0.310 e. The minimum absolute atomic E-state index is 0.274. The van der Waals surface area contributed by atoms with Gasteiger partial charge in [-0.2, -0.15) is 5.26 Å². The van der Waals surface area contributed by atoms with Crippen LogP contribution in [0.1, 0.15) is 29.8 Å². The highest BCUT2D eigenvalue weighted by Gasteiger charge is 2.04. The van der Waals surface area contributed by atoms with Crippen molar-refractivity contribution in [1.82, 2.24) is 10.3 Å². The zero-order valence-corrected chi connectivity index (χ0v) is 11.0. The molecule has 0 unspecified atom stereocenters. The van der Waals surface area contributed by atoms with Crippen molar-refractivity contribution in [3.63, 3.8) is 0 Å². The van der Waals surface area contributed by atoms with Crippen LogP contribution in [0.15, 0.2) is 48.7 Å². The zero-order chi connectivity index (χ0) is 13.5. The number of benzene rings is 1. The third-order valence-electron chi connectivity index (χ3n) is 3.10. The number of nitrogens with zero attached hydrogens (tertiary/aromatic N) is 2. The summed E-state index contributed by atoms with van der Waals surface area (Å²) in [5, 5.41) is 12.2. The highest BCUT2D eigenvalue weighted by Crippen LogP contribution is 2.12. The van der Waals surface area contributed by atoms with Gasteiger partial charge >= 0.3 is 0 Å². The molecule has 1 N–H and O–H groups in total. The van der Waals surface area contributed by atoms with Gasteiger partial charge in [0.2, 0.25) is 0 Å². The lowest BCUT2D eigenvalue weighted by Gasteiger charge is -2.14. The normalized spacial score (nSPS) is 11.8. The smallest absolute Gasteiger partial charge is 0.0991 e. The Balaban J connectivity index is 1.84. The summed E-state index contributed by atoms with van der Waals surface area (Å²) in [7, 11) is 0. The van der Waals surface area contributed by atoms with Crippen molar-refractivity contribution >= 4 is 0 Å². The maximum atomic E-state index is 8.76. The van der Waals surface area contributed by atoms with Gasteiger partial charge in [-0.25, -0.2) is 0 Å². The van der Waals surface area contributed by atoms with E-state index >= 15 is 0 Å². The summed E-state index contributed by atoms with van der Waals surface area (Å²) >= 11 is 0. The molecule has 2 rings (SSSR count). The third kappa shape index (κ3) is 3.90. The molecule has 3 nitrogen and oxygen atoms in total. The largest absolute Gasteiger partial charge is 0.310 e. The van der Waals surface area contributed by atoms with Crippen molar-refractivity contribution in [1.29, 1.82) is 5.26 Å². The Hall–Kier alpha value is -2.18. The van der Waals surface area contributed by atoms with Crippen LogP contribution < -0.4 is 5.32 Å². The fourth-order valence-electron chi connectivity index (χ4n) is 1.93. The third-order valence-corrected chi connectivity index (χ3v) is 3.10. The van der Waals surface area contributed by atoms with E-state index in [1.807, 2.05) is 48.7 Å². The molecule has 1 aromatic heterocycles. The van der Waals surface area contributed by atoms with Gasteiger partial charge in [0.05, 0.1) is 11.6 Å². The molecule has 0 aliphatic carbocycles. The van der Waals surface area contributed by atoms with E-state index in [1.54, 1.807) is 0 Å². The molecule has 0 radical (unpaired) electrons. The van der Waals surface area contributed by atoms with Crippen LogP contribution in [0.3, 0.4) is 0 Å². The SMILES string of the molecule is C[C@H](NCCc1ccccn1)c1ccc(C#N)cc1. The molecule has 1 atom stereocenters. The summed E-state index contributed by atoms with van der Waals surface area (Å²) in [6, 6.07) is 16.1. The van der Waals surface area contributed by atoms with Crippen molar-refractivity contribution in [2.24, 2.45) is 0 Å². The molecule has 96 valence electrons. The van der Waals surface area contributed by atoms with Gasteiger partial charge in [0.15, 0.2) is 0 Å². The first-order valence-corrected chi connectivity index (χ1v) is 6.43. The standard InChI is InChI=1S/C16H17N3/c1-13(15-7-5-14(12-17)6-8-15)18-11-9-16-4-2-3-10-19-16/h2-8,10,13,18H,9,11H2,1H3/t13-/m0/s1. The van der Waals surface area contributed by atoms with Gasteiger partial charge < -0.3 is 5.32 Å². The summed E-state index contributed by atoms with van der Waals surface area (Å²) in [6.45, 7) is 3.01. The predicted molar refractivity (Wildman–Crippen MR) is 75.5 cm³/mol. The second kappa shape index (κ2) is 6.67. The molecular weight excluding hydrogens is 234 g/mol. The fraction of sp³-hybridized carbons (Fsp3) is 0.250. The maximum Gasteiger partial charge on any atom is 0.0991 e. The Labute approximate surface area is 113 Å². The van der Waals surface area contributed by atoms with Crippen molar-refractivity contribution in [3.8, 4) is 6.07 Å². The van der Waals surface area contributed by atoms with E-state index < -0.39 is 0 Å². The molecule has 0 aliphatic rings. The lowest BCUT2D eigenvalue weighted by atomic mass is 10.1. The molecule has 0 spiro atoms. The van der Waals surface area contributed by atoms with Crippen LogP contribution in [0.2, 0.25) is 0 Å². The topological polar surface area (TPSA) is 48.7 Å². The maximum absolute atomic E-state index is 8.76. The van der Waals surface area contributed by atoms with E-state index in [1.165, 1.54) is 5.56 Å². The van der Waals surface area contributed by atoms with Crippen LogP contribution in [0.25, 0.3) is 0 Å². The van der Waals surface area contributed by atoms with E-state index in [0.29, 0.717) is 5.56 Å². The highest BCUT2D eigenvalue weighted by molar-refractivity contribution is 5.32. The average Bonchev–Trinajstić information content (AvgIpc) is 2.48. The number of hydrogen-bond donors (Lipinski definition) is 1. The van der Waals surface area contributed by atoms with Crippen LogP contribution in [-0.4, -0.2) is 11.5 Å². The quantitative estimate of drug-likeness (QED) is 0.889. The molecule has 2 aromatic rings. The molecule has 0 aliphatic heterocycles. The first-order chi connectivity index (χ1) is 9.29. The Bertz CT molecular complexity index is 540. The van der Waals surface area contributed by atoms with E-state index in [4.69, 9.17) is 5.26 Å². The molecule has 3 heteroatoms. The van der Waals surface area contributed by atoms with Gasteiger partial charge in [-0.1, -0.05) is 18.2 Å². The lowest BCUT2D eigenvalue weighted by Crippen LogP contribution is -2.21. The van der Waals surface area contributed by atoms with Gasteiger partial charge in [-0.15, -0.1) is 0 Å². The van der Waals surface area contributed by atoms with Crippen molar-refractivity contribution in [2.75, 3.05) is 6.54 Å². The zero-order valence-electron chi connectivity index (χ0n) is 11.0. The molecule has 0 amide bonds. The average molecular weight is 251 g/mol. The highest BCUT2D eigenvalue weighted by atomic mass is 14.9. The van der Waals surface area contributed by atoms with Crippen LogP contribution >= 0.6 is 0 Å². The van der Waals surface area contributed by atoms with Crippen LogP contribution in [0, 0.1) is 11.3 Å². The molecular formula is C16H17N3. The fourth-order valence-corrected chi connectivity index (χ4v) is 1.93. The minimum atomic E-state index is 0.274. The Morgan fingerprint density at radius 3 is 2.63 bits per heavy atom. The number of hydrogen-bond acceptors (Lipinski definition) is 3. The number of pyridine rings is 1. The number of rotatable bonds is 5. The van der Waals surface area contributed by atoms with E-state index in [0.717, 1.165) is 18.7 Å². The van der Waals surface area contributed by atoms with E-state index in [2.05, 4.69) is 23.3 Å². The molecule has 1 heterocycles. The molecule has 1 aromatic carbocycles. The summed E-state index contributed by atoms with van der Waals surface area (Å²) in [4.78, 5) is 4.29. The van der Waals surface area contributed by atoms with E-state index in [-0.39, 0.29) is 6.04 Å². The number of aromatic nitrogens is 1. The monoisotopic (exact) mass is 251 g/mol. The summed E-state index contributed by atoms with van der Waals surface area (Å²) < 4.78 is 0. The first kappa shape index (κ1) is 13.3. The second-order valence-corrected chi connectivity index (χ2v) is 4.48. The Morgan fingerprint density at radius 1 is 1.21 bits per heavy atom. The Kier molecular flexibility index (Phi) is 4.66. The summed E-state index contributed by atoms with van der Waals surface area (Å²) in [6.07, 6.45) is 2.74. The van der Waals surface area contributed by atoms with Crippen LogP contribution in [-0.2, 0) is 6.42 Å². The Morgan fingerprint density at radius 2 is 2.00 bits per heavy atom. The lowest BCUT2D eigenvalue weighted by molar-refractivity contribution is 0.574. The van der Waals surface area contributed by atoms with Gasteiger partial charge in [0, 0.05) is 30.9 Å². The first-order valence-electron chi connectivity index (χ1n) is 6.43. The predicted octanol–water partition coefficient (Wildman–Crippen LogP) is 2.85. The number of nitrogens with one attached hydrogen (secondary N) is 1. The van der Waals surface area contributed by atoms with Gasteiger partial charge in [-0.3, -0.25) is 4.98 Å². The van der Waals surface area contributed by atoms with Crippen molar-refractivity contribution < 1.29 is 0 Å². The molecule has 0 saturated heterocycles. The van der Waals surface area contributed by atoms with Gasteiger partial charge in [0.25, 0.3) is 0 Å². The second-order valence-electron chi connectivity index (χ2n) is 4.48. The molecule has 19 heavy (non-hydrogen) atoms. The number of nitriles is 1. The van der Waals surface area contributed by atoms with E-state index in [9.17, 15) is 0 Å². The van der Waals surface area contributed by atoms with Crippen molar-refractivity contribution in [2.45, 2.75) is 19.4 Å². The molecule has 0 bridgehead atoms.